The van der Waals surface area contributed by atoms with Gasteiger partial charge in [0.25, 0.3) is 0 Å². The van der Waals surface area contributed by atoms with Crippen LogP contribution in [0.15, 0.2) is 18.2 Å². The molecule has 2 amide bonds. The number of anilines is 1. The minimum absolute atomic E-state index is 0.0623. The number of aryl methyl sites for hydroxylation is 1. The van der Waals surface area contributed by atoms with Crippen LogP contribution in [0.3, 0.4) is 0 Å². The number of hydrogen-bond acceptors (Lipinski definition) is 5. The number of amides is 2. The molecule has 31 heavy (non-hydrogen) atoms. The second-order valence-electron chi connectivity index (χ2n) is 8.42. The number of carbonyl (C=O) groups excluding carboxylic acids is 2. The van der Waals surface area contributed by atoms with Crippen LogP contribution in [0.4, 0.5) is 5.69 Å². The van der Waals surface area contributed by atoms with E-state index in [1.807, 2.05) is 18.2 Å². The lowest BCUT2D eigenvalue weighted by Gasteiger charge is -2.38. The van der Waals surface area contributed by atoms with Gasteiger partial charge in [-0.05, 0) is 42.5 Å². The van der Waals surface area contributed by atoms with Crippen LogP contribution in [0.1, 0.15) is 51.5 Å². The van der Waals surface area contributed by atoms with Gasteiger partial charge < -0.3 is 20.1 Å². The Morgan fingerprint density at radius 3 is 2.74 bits per heavy atom. The van der Waals surface area contributed by atoms with Crippen molar-refractivity contribution in [3.63, 3.8) is 0 Å². The average molecular weight is 432 g/mol. The minimum atomic E-state index is 0.0623. The molecule has 0 aromatic heterocycles. The summed E-state index contributed by atoms with van der Waals surface area (Å²) in [4.78, 5) is 26.3. The Balaban J connectivity index is 1.39. The second-order valence-corrected chi connectivity index (χ2v) is 8.42. The molecule has 172 valence electrons. The summed E-state index contributed by atoms with van der Waals surface area (Å²) in [7, 11) is 0. The highest BCUT2D eigenvalue weighted by molar-refractivity contribution is 5.94. The first kappa shape index (κ1) is 23.5. The number of rotatable bonds is 11. The molecular formula is C24H37N3O4. The Kier molecular flexibility index (Phi) is 9.15. The maximum atomic E-state index is 12.4. The largest absolute Gasteiger partial charge is 0.494 e. The molecule has 2 aliphatic rings. The van der Waals surface area contributed by atoms with Crippen LogP contribution in [0.25, 0.3) is 0 Å². The number of ether oxygens (including phenoxy) is 2. The summed E-state index contributed by atoms with van der Waals surface area (Å²) in [5.74, 6) is 1.51. The van der Waals surface area contributed by atoms with E-state index in [0.29, 0.717) is 44.4 Å². The Hall–Kier alpha value is -2.12. The van der Waals surface area contributed by atoms with Gasteiger partial charge in [0.1, 0.15) is 5.75 Å². The molecule has 0 spiro atoms. The van der Waals surface area contributed by atoms with Crippen LogP contribution in [-0.4, -0.2) is 62.2 Å². The van der Waals surface area contributed by atoms with Crippen LogP contribution in [0.2, 0.25) is 0 Å². The van der Waals surface area contributed by atoms with Crippen molar-refractivity contribution >= 4 is 17.5 Å². The third kappa shape index (κ3) is 6.94. The lowest BCUT2D eigenvalue weighted by atomic mass is 9.92. The molecule has 1 aromatic carbocycles. The van der Waals surface area contributed by atoms with Gasteiger partial charge in [-0.25, -0.2) is 0 Å². The normalized spacial score (nSPS) is 17.7. The van der Waals surface area contributed by atoms with Crippen LogP contribution in [0, 0.1) is 5.92 Å². The third-order valence-corrected chi connectivity index (χ3v) is 6.41. The van der Waals surface area contributed by atoms with Crippen molar-refractivity contribution < 1.29 is 19.1 Å². The molecule has 3 rings (SSSR count). The summed E-state index contributed by atoms with van der Waals surface area (Å²) in [5, 5.41) is 6.03. The van der Waals surface area contributed by atoms with Crippen molar-refractivity contribution in [2.75, 3.05) is 44.8 Å². The first-order valence-electron chi connectivity index (χ1n) is 11.7. The number of nitrogens with zero attached hydrogens (tertiary/aromatic N) is 1. The van der Waals surface area contributed by atoms with Gasteiger partial charge in [0, 0.05) is 44.2 Å². The molecule has 1 atom stereocenters. The Morgan fingerprint density at radius 2 is 2.00 bits per heavy atom. The molecule has 1 unspecified atom stereocenters. The van der Waals surface area contributed by atoms with E-state index in [2.05, 4.69) is 29.4 Å². The van der Waals surface area contributed by atoms with Crippen molar-refractivity contribution in [3.05, 3.63) is 23.8 Å². The van der Waals surface area contributed by atoms with Gasteiger partial charge >= 0.3 is 0 Å². The fourth-order valence-corrected chi connectivity index (χ4v) is 4.51. The van der Waals surface area contributed by atoms with Crippen LogP contribution >= 0.6 is 0 Å². The number of nitrogens with one attached hydrogen (secondary N) is 2. The topological polar surface area (TPSA) is 79.9 Å². The fraction of sp³-hybridized carbons (Fsp3) is 0.667. The summed E-state index contributed by atoms with van der Waals surface area (Å²) in [5.41, 5.74) is 1.97. The van der Waals surface area contributed by atoms with Gasteiger partial charge in [-0.3, -0.25) is 14.5 Å². The average Bonchev–Trinajstić information content (AvgIpc) is 2.80. The number of carbonyl (C=O) groups is 2. The third-order valence-electron chi connectivity index (χ3n) is 6.41. The molecule has 2 aliphatic heterocycles. The van der Waals surface area contributed by atoms with Gasteiger partial charge in [0.05, 0.1) is 19.8 Å². The van der Waals surface area contributed by atoms with Crippen molar-refractivity contribution in [1.29, 1.82) is 0 Å². The first-order valence-corrected chi connectivity index (χ1v) is 11.7. The molecule has 0 radical (unpaired) electrons. The quantitative estimate of drug-likeness (QED) is 0.527. The zero-order chi connectivity index (χ0) is 22.1. The van der Waals surface area contributed by atoms with Crippen molar-refractivity contribution in [2.24, 2.45) is 5.92 Å². The SMILES string of the molecule is CCC(CC)C(CNC(=O)CCCOc1ccc2c(c1)CCC(=O)N2)N1CCOCC1. The Bertz CT molecular complexity index is 730. The molecular weight excluding hydrogens is 394 g/mol. The van der Waals surface area contributed by atoms with E-state index in [-0.39, 0.29) is 11.8 Å². The van der Waals surface area contributed by atoms with E-state index in [1.165, 1.54) is 0 Å². The van der Waals surface area contributed by atoms with Gasteiger partial charge in [0.15, 0.2) is 0 Å². The van der Waals surface area contributed by atoms with Gasteiger partial charge in [-0.2, -0.15) is 0 Å². The maximum Gasteiger partial charge on any atom is 0.224 e. The Morgan fingerprint density at radius 1 is 1.23 bits per heavy atom. The summed E-state index contributed by atoms with van der Waals surface area (Å²) >= 11 is 0. The molecule has 1 fully saturated rings. The highest BCUT2D eigenvalue weighted by Crippen LogP contribution is 2.27. The van der Waals surface area contributed by atoms with E-state index in [0.717, 1.165) is 62.6 Å². The monoisotopic (exact) mass is 431 g/mol. The molecule has 0 bridgehead atoms. The predicted molar refractivity (Wildman–Crippen MR) is 121 cm³/mol. The van der Waals surface area contributed by atoms with Crippen LogP contribution < -0.4 is 15.4 Å². The molecule has 0 aliphatic carbocycles. The molecule has 1 saturated heterocycles. The molecule has 1 aromatic rings. The highest BCUT2D eigenvalue weighted by atomic mass is 16.5. The fourth-order valence-electron chi connectivity index (χ4n) is 4.51. The minimum Gasteiger partial charge on any atom is -0.494 e. The summed E-state index contributed by atoms with van der Waals surface area (Å²) in [6, 6.07) is 6.11. The molecule has 2 heterocycles. The highest BCUT2D eigenvalue weighted by Gasteiger charge is 2.27. The standard InChI is InChI=1S/C24H37N3O4/c1-3-18(4-2)22(27-11-14-30-15-12-27)17-25-23(28)6-5-13-31-20-8-9-21-19(16-20)7-10-24(29)26-21/h8-9,16,18,22H,3-7,10-15,17H2,1-2H3,(H,25,28)(H,26,29). The van der Waals surface area contributed by atoms with Gasteiger partial charge in [-0.15, -0.1) is 0 Å². The Labute approximate surface area is 185 Å². The van der Waals surface area contributed by atoms with E-state index >= 15 is 0 Å². The van der Waals surface area contributed by atoms with Crippen LogP contribution in [0.5, 0.6) is 5.75 Å². The van der Waals surface area contributed by atoms with E-state index in [4.69, 9.17) is 9.47 Å². The predicted octanol–water partition coefficient (Wildman–Crippen LogP) is 2.98. The van der Waals surface area contributed by atoms with E-state index in [1.54, 1.807) is 0 Å². The summed E-state index contributed by atoms with van der Waals surface area (Å²) in [6.45, 7) is 9.09. The maximum absolute atomic E-state index is 12.4. The van der Waals surface area contributed by atoms with Crippen molar-refractivity contribution in [1.82, 2.24) is 10.2 Å². The lowest BCUT2D eigenvalue weighted by Crippen LogP contribution is -2.52. The number of benzene rings is 1. The van der Waals surface area contributed by atoms with E-state index in [9.17, 15) is 9.59 Å². The zero-order valence-electron chi connectivity index (χ0n) is 19.0. The number of morpholine rings is 1. The van der Waals surface area contributed by atoms with Crippen molar-refractivity contribution in [3.8, 4) is 5.75 Å². The molecule has 7 heteroatoms. The first-order chi connectivity index (χ1) is 15.1. The van der Waals surface area contributed by atoms with Gasteiger partial charge in [0.2, 0.25) is 11.8 Å². The molecule has 7 nitrogen and oxygen atoms in total. The van der Waals surface area contributed by atoms with Crippen LogP contribution in [-0.2, 0) is 20.7 Å². The van der Waals surface area contributed by atoms with Crippen molar-refractivity contribution in [2.45, 2.75) is 58.4 Å². The molecule has 0 saturated carbocycles. The summed E-state index contributed by atoms with van der Waals surface area (Å²) < 4.78 is 11.3. The summed E-state index contributed by atoms with van der Waals surface area (Å²) in [6.07, 6.45) is 4.62. The zero-order valence-corrected chi connectivity index (χ0v) is 19.0. The number of fused-ring (bicyclic) bond motifs is 1. The van der Waals surface area contributed by atoms with E-state index < -0.39 is 0 Å². The lowest BCUT2D eigenvalue weighted by molar-refractivity contribution is -0.121. The molecule has 2 N–H and O–H groups in total. The number of hydrogen-bond donors (Lipinski definition) is 2. The van der Waals surface area contributed by atoms with Gasteiger partial charge in [-0.1, -0.05) is 26.7 Å². The second kappa shape index (κ2) is 12.1. The smallest absolute Gasteiger partial charge is 0.224 e.